The van der Waals surface area contributed by atoms with Crippen LogP contribution in [-0.4, -0.2) is 36.7 Å². The molecule has 1 saturated heterocycles. The van der Waals surface area contributed by atoms with E-state index in [0.29, 0.717) is 18.3 Å². The minimum atomic E-state index is -0.440. The first-order chi connectivity index (χ1) is 10.8. The maximum Gasteiger partial charge on any atom is 0.256 e. The van der Waals surface area contributed by atoms with Crippen molar-refractivity contribution in [3.63, 3.8) is 0 Å². The lowest BCUT2D eigenvalue weighted by Crippen LogP contribution is -2.45. The lowest BCUT2D eigenvalue weighted by molar-refractivity contribution is -0.128. The summed E-state index contributed by atoms with van der Waals surface area (Å²) >= 11 is 1.43. The number of rotatable bonds is 4. The van der Waals surface area contributed by atoms with E-state index in [1.165, 1.54) is 16.9 Å². The summed E-state index contributed by atoms with van der Waals surface area (Å²) in [6.07, 6.45) is 0.582. The summed E-state index contributed by atoms with van der Waals surface area (Å²) in [5.74, 6) is -0.144. The first-order valence-electron chi connectivity index (χ1n) is 7.44. The molecule has 1 aromatic heterocycles. The number of benzene rings is 1. The Kier molecular flexibility index (Phi) is 4.82. The maximum atomic E-state index is 12.1. The minimum Gasteiger partial charge on any atom is -0.366 e. The molecule has 5 nitrogen and oxygen atoms in total. The van der Waals surface area contributed by atoms with Crippen LogP contribution in [0, 0.1) is 0 Å². The van der Waals surface area contributed by atoms with Crippen molar-refractivity contribution in [3.8, 4) is 11.3 Å². The molecule has 116 valence electrons. The minimum absolute atomic E-state index is 0.144. The number of aromatic nitrogens is 1. The van der Waals surface area contributed by atoms with Crippen LogP contribution in [0.4, 0.5) is 5.13 Å². The van der Waals surface area contributed by atoms with Crippen molar-refractivity contribution in [2.45, 2.75) is 19.4 Å². The molecule has 0 spiro atoms. The molecule has 1 atom stereocenters. The van der Waals surface area contributed by atoms with Crippen LogP contribution in [0.3, 0.4) is 0 Å². The maximum absolute atomic E-state index is 12.1. The molecule has 0 saturated carbocycles. The number of hydrogen-bond acceptors (Lipinski definition) is 5. The van der Waals surface area contributed by atoms with Crippen LogP contribution >= 0.6 is 11.3 Å². The fraction of sp³-hybridized carbons (Fsp3) is 0.375. The molecule has 2 heterocycles. The van der Waals surface area contributed by atoms with E-state index in [0.717, 1.165) is 24.2 Å². The van der Waals surface area contributed by atoms with Crippen LogP contribution in [0.25, 0.3) is 11.3 Å². The van der Waals surface area contributed by atoms with E-state index in [-0.39, 0.29) is 5.91 Å². The second kappa shape index (κ2) is 7.00. The van der Waals surface area contributed by atoms with Crippen LogP contribution < -0.4 is 10.6 Å². The summed E-state index contributed by atoms with van der Waals surface area (Å²) in [4.78, 5) is 16.6. The highest BCUT2D eigenvalue weighted by atomic mass is 32.1. The highest BCUT2D eigenvalue weighted by Crippen LogP contribution is 2.25. The van der Waals surface area contributed by atoms with Gasteiger partial charge in [0.2, 0.25) is 0 Å². The molecule has 0 bridgehead atoms. The largest absolute Gasteiger partial charge is 0.366 e. The van der Waals surface area contributed by atoms with Gasteiger partial charge in [-0.05, 0) is 12.0 Å². The van der Waals surface area contributed by atoms with E-state index in [4.69, 9.17) is 4.74 Å². The van der Waals surface area contributed by atoms with Gasteiger partial charge in [-0.2, -0.15) is 0 Å². The number of carbonyl (C=O) groups is 1. The van der Waals surface area contributed by atoms with Gasteiger partial charge in [0.15, 0.2) is 5.13 Å². The normalized spacial score (nSPS) is 18.1. The molecule has 1 amide bonds. The quantitative estimate of drug-likeness (QED) is 0.908. The second-order valence-corrected chi connectivity index (χ2v) is 6.00. The van der Waals surface area contributed by atoms with Crippen LogP contribution in [0.15, 0.2) is 29.6 Å². The summed E-state index contributed by atoms with van der Waals surface area (Å²) < 4.78 is 5.43. The smallest absolute Gasteiger partial charge is 0.256 e. The van der Waals surface area contributed by atoms with Crippen LogP contribution in [0.2, 0.25) is 0 Å². The molecule has 22 heavy (non-hydrogen) atoms. The van der Waals surface area contributed by atoms with E-state index >= 15 is 0 Å². The Morgan fingerprint density at radius 3 is 2.95 bits per heavy atom. The number of aryl methyl sites for hydroxylation is 1. The van der Waals surface area contributed by atoms with Crippen molar-refractivity contribution in [1.82, 2.24) is 10.3 Å². The van der Waals surface area contributed by atoms with Gasteiger partial charge in [0, 0.05) is 24.0 Å². The summed E-state index contributed by atoms with van der Waals surface area (Å²) in [5.41, 5.74) is 3.24. The molecule has 1 aliphatic rings. The van der Waals surface area contributed by atoms with Gasteiger partial charge < -0.3 is 10.1 Å². The van der Waals surface area contributed by atoms with Crippen LogP contribution in [0.5, 0.6) is 0 Å². The number of amides is 1. The zero-order valence-corrected chi connectivity index (χ0v) is 13.3. The molecule has 2 N–H and O–H groups in total. The van der Waals surface area contributed by atoms with Crippen molar-refractivity contribution in [2.24, 2.45) is 0 Å². The first-order valence-corrected chi connectivity index (χ1v) is 8.32. The monoisotopic (exact) mass is 317 g/mol. The molecule has 6 heteroatoms. The van der Waals surface area contributed by atoms with Crippen molar-refractivity contribution in [1.29, 1.82) is 0 Å². The molecule has 1 aliphatic heterocycles. The molecule has 2 aromatic rings. The van der Waals surface area contributed by atoms with E-state index in [2.05, 4.69) is 46.8 Å². The molecule has 0 radical (unpaired) electrons. The van der Waals surface area contributed by atoms with E-state index in [9.17, 15) is 4.79 Å². The predicted molar refractivity (Wildman–Crippen MR) is 88.2 cm³/mol. The third-order valence-corrected chi connectivity index (χ3v) is 4.37. The molecule has 1 fully saturated rings. The van der Waals surface area contributed by atoms with Gasteiger partial charge in [-0.3, -0.25) is 10.1 Å². The van der Waals surface area contributed by atoms with Crippen molar-refractivity contribution < 1.29 is 9.53 Å². The standard InChI is InChI=1S/C16H19N3O2S/c1-2-11-3-5-12(6-4-11)13-10-22-16(18-13)19-15(20)14-9-17-7-8-21-14/h3-6,10,14,17H,2,7-9H2,1H3,(H,18,19,20)/t14-/m1/s1. The average Bonchev–Trinajstić information content (AvgIpc) is 3.04. The summed E-state index contributed by atoms with van der Waals surface area (Å²) in [5, 5.41) is 8.53. The average molecular weight is 317 g/mol. The number of thiazole rings is 1. The SMILES string of the molecule is CCc1ccc(-c2csc(NC(=O)[C@H]3CNCCO3)n2)cc1. The highest BCUT2D eigenvalue weighted by molar-refractivity contribution is 7.14. The molecular weight excluding hydrogens is 298 g/mol. The summed E-state index contributed by atoms with van der Waals surface area (Å²) in [6.45, 7) is 4.03. The zero-order valence-electron chi connectivity index (χ0n) is 12.5. The lowest BCUT2D eigenvalue weighted by atomic mass is 10.1. The summed E-state index contributed by atoms with van der Waals surface area (Å²) in [6, 6.07) is 8.34. The van der Waals surface area contributed by atoms with Gasteiger partial charge >= 0.3 is 0 Å². The molecule has 1 aromatic carbocycles. The number of morpholine rings is 1. The van der Waals surface area contributed by atoms with E-state index in [1.807, 2.05) is 5.38 Å². The van der Waals surface area contributed by atoms with Gasteiger partial charge in [0.1, 0.15) is 6.10 Å². The Morgan fingerprint density at radius 2 is 2.27 bits per heavy atom. The van der Waals surface area contributed by atoms with Gasteiger partial charge in [0.05, 0.1) is 12.3 Å². The van der Waals surface area contributed by atoms with E-state index in [1.54, 1.807) is 0 Å². The summed E-state index contributed by atoms with van der Waals surface area (Å²) in [7, 11) is 0. The van der Waals surface area contributed by atoms with Gasteiger partial charge in [0.25, 0.3) is 5.91 Å². The number of carbonyl (C=O) groups excluding carboxylic acids is 1. The van der Waals surface area contributed by atoms with Gasteiger partial charge in [-0.15, -0.1) is 11.3 Å². The van der Waals surface area contributed by atoms with Crippen LogP contribution in [-0.2, 0) is 16.0 Å². The molecule has 0 aliphatic carbocycles. The number of nitrogens with one attached hydrogen (secondary N) is 2. The Labute approximate surface area is 133 Å². The van der Waals surface area contributed by atoms with Crippen molar-refractivity contribution in [2.75, 3.05) is 25.0 Å². The first kappa shape index (κ1) is 15.1. The van der Waals surface area contributed by atoms with Crippen molar-refractivity contribution in [3.05, 3.63) is 35.2 Å². The van der Waals surface area contributed by atoms with Crippen molar-refractivity contribution >= 4 is 22.4 Å². The molecule has 3 rings (SSSR count). The Morgan fingerprint density at radius 1 is 1.45 bits per heavy atom. The fourth-order valence-corrected chi connectivity index (χ4v) is 3.02. The highest BCUT2D eigenvalue weighted by Gasteiger charge is 2.22. The number of hydrogen-bond donors (Lipinski definition) is 2. The van der Waals surface area contributed by atoms with Gasteiger partial charge in [-0.25, -0.2) is 4.98 Å². The lowest BCUT2D eigenvalue weighted by Gasteiger charge is -2.22. The Hall–Kier alpha value is -1.76. The molecular formula is C16H19N3O2S. The van der Waals surface area contributed by atoms with Crippen LogP contribution in [0.1, 0.15) is 12.5 Å². The molecule has 0 unspecified atom stereocenters. The third kappa shape index (κ3) is 3.52. The third-order valence-electron chi connectivity index (χ3n) is 3.61. The predicted octanol–water partition coefficient (Wildman–Crippen LogP) is 2.30. The Bertz CT molecular complexity index is 633. The number of ether oxygens (including phenoxy) is 1. The topological polar surface area (TPSA) is 63.2 Å². The van der Waals surface area contributed by atoms with Gasteiger partial charge in [-0.1, -0.05) is 31.2 Å². The second-order valence-electron chi connectivity index (χ2n) is 5.14. The zero-order chi connectivity index (χ0) is 15.4. The number of nitrogens with zero attached hydrogens (tertiary/aromatic N) is 1. The Balaban J connectivity index is 1.66. The number of anilines is 1. The van der Waals surface area contributed by atoms with E-state index < -0.39 is 6.10 Å². The fourth-order valence-electron chi connectivity index (χ4n) is 2.29.